The fourth-order valence-electron chi connectivity index (χ4n) is 2.26. The molecule has 3 rings (SSSR count). The summed E-state index contributed by atoms with van der Waals surface area (Å²) in [4.78, 5) is 0. The van der Waals surface area contributed by atoms with Crippen molar-refractivity contribution in [3.63, 3.8) is 0 Å². The molecule has 0 aromatic heterocycles. The quantitative estimate of drug-likeness (QED) is 0.764. The molecule has 1 aromatic carbocycles. The maximum Gasteiger partial charge on any atom is 0.121 e. The SMILES string of the molecule is c1cc2c(cc1OC1CCNC1)NCC2. The minimum Gasteiger partial charge on any atom is -0.489 e. The van der Waals surface area contributed by atoms with E-state index in [1.165, 1.54) is 11.3 Å². The van der Waals surface area contributed by atoms with Crippen molar-refractivity contribution in [2.75, 3.05) is 25.0 Å². The minimum absolute atomic E-state index is 0.351. The monoisotopic (exact) mass is 204 g/mol. The number of rotatable bonds is 2. The van der Waals surface area contributed by atoms with Gasteiger partial charge in [-0.2, -0.15) is 0 Å². The van der Waals surface area contributed by atoms with Gasteiger partial charge in [0.05, 0.1) is 0 Å². The first-order valence-corrected chi connectivity index (χ1v) is 5.66. The number of benzene rings is 1. The number of ether oxygens (including phenoxy) is 1. The highest BCUT2D eigenvalue weighted by molar-refractivity contribution is 5.58. The molecule has 80 valence electrons. The molecule has 1 fully saturated rings. The Morgan fingerprint density at radius 3 is 3.13 bits per heavy atom. The summed E-state index contributed by atoms with van der Waals surface area (Å²) in [5, 5.41) is 6.67. The average Bonchev–Trinajstić information content (AvgIpc) is 2.87. The van der Waals surface area contributed by atoms with Crippen LogP contribution < -0.4 is 15.4 Å². The van der Waals surface area contributed by atoms with Gasteiger partial charge in [0.2, 0.25) is 0 Å². The van der Waals surface area contributed by atoms with Crippen LogP contribution in [0.2, 0.25) is 0 Å². The Bertz CT molecular complexity index is 359. The van der Waals surface area contributed by atoms with E-state index in [1.807, 2.05) is 0 Å². The van der Waals surface area contributed by atoms with Gasteiger partial charge in [0.1, 0.15) is 11.9 Å². The number of hydrogen-bond donors (Lipinski definition) is 2. The molecule has 0 radical (unpaired) electrons. The van der Waals surface area contributed by atoms with Gasteiger partial charge in [0.25, 0.3) is 0 Å². The van der Waals surface area contributed by atoms with Crippen molar-refractivity contribution in [2.24, 2.45) is 0 Å². The van der Waals surface area contributed by atoms with E-state index in [0.717, 1.165) is 38.2 Å². The van der Waals surface area contributed by atoms with Crippen LogP contribution in [-0.4, -0.2) is 25.7 Å². The molecule has 0 saturated carbocycles. The molecule has 2 aliphatic rings. The van der Waals surface area contributed by atoms with E-state index in [9.17, 15) is 0 Å². The highest BCUT2D eigenvalue weighted by atomic mass is 16.5. The molecule has 2 N–H and O–H groups in total. The molecule has 0 amide bonds. The summed E-state index contributed by atoms with van der Waals surface area (Å²) < 4.78 is 5.90. The summed E-state index contributed by atoms with van der Waals surface area (Å²) >= 11 is 0. The van der Waals surface area contributed by atoms with E-state index in [0.29, 0.717) is 6.10 Å². The van der Waals surface area contributed by atoms with E-state index < -0.39 is 0 Å². The Hall–Kier alpha value is -1.22. The number of nitrogens with one attached hydrogen (secondary N) is 2. The first kappa shape index (κ1) is 9.04. The standard InChI is InChI=1S/C12H16N2O/c1-2-10(15-11-4-5-13-8-11)7-12-9(1)3-6-14-12/h1-2,7,11,13-14H,3-6,8H2. The van der Waals surface area contributed by atoms with Crippen molar-refractivity contribution in [1.29, 1.82) is 0 Å². The lowest BCUT2D eigenvalue weighted by molar-refractivity contribution is 0.223. The molecule has 3 nitrogen and oxygen atoms in total. The van der Waals surface area contributed by atoms with Gasteiger partial charge in [-0.05, 0) is 31.0 Å². The summed E-state index contributed by atoms with van der Waals surface area (Å²) in [6, 6.07) is 6.39. The summed E-state index contributed by atoms with van der Waals surface area (Å²) in [6.07, 6.45) is 2.61. The lowest BCUT2D eigenvalue weighted by Crippen LogP contribution is -2.19. The zero-order valence-electron chi connectivity index (χ0n) is 8.75. The maximum atomic E-state index is 5.90. The van der Waals surface area contributed by atoms with Crippen LogP contribution in [-0.2, 0) is 6.42 Å². The predicted octanol–water partition coefficient (Wildman–Crippen LogP) is 1.40. The van der Waals surface area contributed by atoms with Crippen molar-refractivity contribution in [2.45, 2.75) is 18.9 Å². The zero-order valence-corrected chi connectivity index (χ0v) is 8.75. The van der Waals surface area contributed by atoms with Crippen LogP contribution >= 0.6 is 0 Å². The third-order valence-corrected chi connectivity index (χ3v) is 3.11. The maximum absolute atomic E-state index is 5.90. The van der Waals surface area contributed by atoms with Crippen molar-refractivity contribution >= 4 is 5.69 Å². The highest BCUT2D eigenvalue weighted by Crippen LogP contribution is 2.27. The Kier molecular flexibility index (Phi) is 2.25. The average molecular weight is 204 g/mol. The summed E-state index contributed by atoms with van der Waals surface area (Å²) in [5.74, 6) is 0.997. The lowest BCUT2D eigenvalue weighted by Gasteiger charge is -2.13. The second-order valence-corrected chi connectivity index (χ2v) is 4.23. The molecule has 0 aliphatic carbocycles. The first-order valence-electron chi connectivity index (χ1n) is 5.66. The van der Waals surface area contributed by atoms with E-state index in [1.54, 1.807) is 0 Å². The normalized spacial score (nSPS) is 23.6. The van der Waals surface area contributed by atoms with Crippen LogP contribution in [0.25, 0.3) is 0 Å². The molecule has 0 bridgehead atoms. The molecular formula is C12H16N2O. The second-order valence-electron chi connectivity index (χ2n) is 4.23. The van der Waals surface area contributed by atoms with Gasteiger partial charge in [0.15, 0.2) is 0 Å². The predicted molar refractivity (Wildman–Crippen MR) is 60.5 cm³/mol. The van der Waals surface area contributed by atoms with Gasteiger partial charge in [-0.1, -0.05) is 6.07 Å². The second kappa shape index (κ2) is 3.74. The molecule has 1 saturated heterocycles. The molecule has 15 heavy (non-hydrogen) atoms. The van der Waals surface area contributed by atoms with Crippen molar-refractivity contribution in [3.8, 4) is 5.75 Å². The van der Waals surface area contributed by atoms with E-state index >= 15 is 0 Å². The molecule has 3 heteroatoms. The van der Waals surface area contributed by atoms with Crippen molar-refractivity contribution < 1.29 is 4.74 Å². The molecule has 1 atom stereocenters. The Morgan fingerprint density at radius 2 is 2.27 bits per heavy atom. The van der Waals surface area contributed by atoms with Crippen LogP contribution in [0.5, 0.6) is 5.75 Å². The number of anilines is 1. The number of fused-ring (bicyclic) bond motifs is 1. The molecule has 2 aliphatic heterocycles. The van der Waals surface area contributed by atoms with Crippen molar-refractivity contribution in [3.05, 3.63) is 23.8 Å². The topological polar surface area (TPSA) is 33.3 Å². The summed E-state index contributed by atoms with van der Waals surface area (Å²) in [5.41, 5.74) is 2.66. The third-order valence-electron chi connectivity index (χ3n) is 3.11. The van der Waals surface area contributed by atoms with E-state index in [-0.39, 0.29) is 0 Å². The minimum atomic E-state index is 0.351. The highest BCUT2D eigenvalue weighted by Gasteiger charge is 2.17. The van der Waals surface area contributed by atoms with Gasteiger partial charge in [-0.15, -0.1) is 0 Å². The fraction of sp³-hybridized carbons (Fsp3) is 0.500. The summed E-state index contributed by atoms with van der Waals surface area (Å²) in [6.45, 7) is 3.11. The van der Waals surface area contributed by atoms with Crippen LogP contribution in [0.1, 0.15) is 12.0 Å². The van der Waals surface area contributed by atoms with Crippen molar-refractivity contribution in [1.82, 2.24) is 5.32 Å². The smallest absolute Gasteiger partial charge is 0.121 e. The Balaban J connectivity index is 1.75. The lowest BCUT2D eigenvalue weighted by atomic mass is 10.1. The van der Waals surface area contributed by atoms with E-state index in [4.69, 9.17) is 4.74 Å². The zero-order chi connectivity index (χ0) is 10.1. The Morgan fingerprint density at radius 1 is 1.27 bits per heavy atom. The van der Waals surface area contributed by atoms with Gasteiger partial charge >= 0.3 is 0 Å². The molecule has 1 unspecified atom stereocenters. The molecular weight excluding hydrogens is 188 g/mol. The van der Waals surface area contributed by atoms with Crippen LogP contribution in [0.4, 0.5) is 5.69 Å². The number of hydrogen-bond acceptors (Lipinski definition) is 3. The first-order chi connectivity index (χ1) is 7.42. The Labute approximate surface area is 89.8 Å². The van der Waals surface area contributed by atoms with Gasteiger partial charge < -0.3 is 15.4 Å². The van der Waals surface area contributed by atoms with Gasteiger partial charge in [-0.25, -0.2) is 0 Å². The van der Waals surface area contributed by atoms with Crippen LogP contribution in [0.3, 0.4) is 0 Å². The third kappa shape index (κ3) is 1.79. The molecule has 1 aromatic rings. The molecule has 2 heterocycles. The largest absolute Gasteiger partial charge is 0.489 e. The van der Waals surface area contributed by atoms with Gasteiger partial charge in [-0.3, -0.25) is 0 Å². The molecule has 0 spiro atoms. The van der Waals surface area contributed by atoms with Crippen LogP contribution in [0.15, 0.2) is 18.2 Å². The van der Waals surface area contributed by atoms with Gasteiger partial charge in [0, 0.05) is 24.8 Å². The van der Waals surface area contributed by atoms with E-state index in [2.05, 4.69) is 28.8 Å². The fourth-order valence-corrected chi connectivity index (χ4v) is 2.26. The summed E-state index contributed by atoms with van der Waals surface area (Å²) in [7, 11) is 0. The van der Waals surface area contributed by atoms with Crippen LogP contribution in [0, 0.1) is 0 Å².